The fourth-order valence-corrected chi connectivity index (χ4v) is 3.57. The molecule has 0 spiro atoms. The number of anilines is 1. The Morgan fingerprint density at radius 3 is 2.54 bits per heavy atom. The number of nitrogens with one attached hydrogen (secondary N) is 2. The van der Waals surface area contributed by atoms with Gasteiger partial charge in [0.05, 0.1) is 12.6 Å². The number of amides is 1. The molecule has 0 aromatic heterocycles. The second-order valence-electron chi connectivity index (χ2n) is 7.27. The van der Waals surface area contributed by atoms with E-state index in [4.69, 9.17) is 9.47 Å². The maximum atomic E-state index is 12.3. The van der Waals surface area contributed by atoms with Crippen molar-refractivity contribution in [3.63, 3.8) is 0 Å². The Hall–Kier alpha value is -1.05. The lowest BCUT2D eigenvalue weighted by Crippen LogP contribution is -2.44. The number of carbonyl (C=O) groups is 1. The zero-order valence-corrected chi connectivity index (χ0v) is 18.2. The van der Waals surface area contributed by atoms with E-state index in [-0.39, 0.29) is 36.8 Å². The van der Waals surface area contributed by atoms with Crippen molar-refractivity contribution in [2.45, 2.75) is 44.2 Å². The van der Waals surface area contributed by atoms with Gasteiger partial charge in [-0.3, -0.25) is 9.69 Å². The van der Waals surface area contributed by atoms with Crippen molar-refractivity contribution in [3.05, 3.63) is 24.3 Å². The molecule has 0 aliphatic carbocycles. The lowest BCUT2D eigenvalue weighted by Gasteiger charge is -2.31. The van der Waals surface area contributed by atoms with Gasteiger partial charge in [-0.15, -0.1) is 24.8 Å². The number of rotatable bonds is 7. The van der Waals surface area contributed by atoms with Gasteiger partial charge in [0, 0.05) is 18.3 Å². The van der Waals surface area contributed by atoms with E-state index >= 15 is 0 Å². The largest absolute Gasteiger partial charge is 0.491 e. The average molecular weight is 434 g/mol. The first-order valence-electron chi connectivity index (χ1n) is 9.76. The van der Waals surface area contributed by atoms with Gasteiger partial charge in [0.15, 0.2) is 0 Å². The molecule has 1 atom stereocenters. The number of hydrogen-bond acceptors (Lipinski definition) is 5. The summed E-state index contributed by atoms with van der Waals surface area (Å²) in [5.74, 6) is 0.833. The maximum Gasteiger partial charge on any atom is 0.238 e. The Morgan fingerprint density at radius 2 is 1.89 bits per heavy atom. The smallest absolute Gasteiger partial charge is 0.238 e. The van der Waals surface area contributed by atoms with Gasteiger partial charge >= 0.3 is 0 Å². The number of piperidine rings is 1. The Bertz CT molecular complexity index is 562. The third-order valence-electron chi connectivity index (χ3n) is 5.17. The van der Waals surface area contributed by atoms with Crippen molar-refractivity contribution in [2.24, 2.45) is 0 Å². The van der Waals surface area contributed by atoms with E-state index in [1.54, 1.807) is 0 Å². The zero-order chi connectivity index (χ0) is 18.2. The highest BCUT2D eigenvalue weighted by Gasteiger charge is 2.19. The molecule has 2 aliphatic heterocycles. The SMILES string of the molecule is CN(CC(=O)Nc1ccc(OCC2CCCCO2)cc1)C1CCNCC1.Cl.Cl. The van der Waals surface area contributed by atoms with Crippen molar-refractivity contribution >= 4 is 36.4 Å². The molecule has 8 heteroatoms. The fraction of sp³-hybridized carbons (Fsp3) is 0.650. The summed E-state index contributed by atoms with van der Waals surface area (Å²) in [6, 6.07) is 8.06. The summed E-state index contributed by atoms with van der Waals surface area (Å²) < 4.78 is 11.5. The van der Waals surface area contributed by atoms with E-state index in [0.717, 1.165) is 56.8 Å². The minimum Gasteiger partial charge on any atom is -0.491 e. The van der Waals surface area contributed by atoms with Crippen LogP contribution in [0.2, 0.25) is 0 Å². The molecule has 28 heavy (non-hydrogen) atoms. The Kier molecular flexibility index (Phi) is 11.8. The summed E-state index contributed by atoms with van der Waals surface area (Å²) in [4.78, 5) is 14.4. The molecule has 1 aromatic carbocycles. The third kappa shape index (κ3) is 8.13. The first kappa shape index (κ1) is 25.0. The number of nitrogens with zero attached hydrogens (tertiary/aromatic N) is 1. The topological polar surface area (TPSA) is 62.8 Å². The van der Waals surface area contributed by atoms with Crippen LogP contribution < -0.4 is 15.4 Å². The normalized spacial score (nSPS) is 20.0. The van der Waals surface area contributed by atoms with Crippen LogP contribution in [0, 0.1) is 0 Å². The van der Waals surface area contributed by atoms with E-state index in [9.17, 15) is 4.79 Å². The molecule has 0 saturated carbocycles. The molecule has 1 amide bonds. The van der Waals surface area contributed by atoms with Gasteiger partial charge < -0.3 is 20.1 Å². The lowest BCUT2D eigenvalue weighted by molar-refractivity contribution is -0.117. The molecule has 6 nitrogen and oxygen atoms in total. The molecule has 2 saturated heterocycles. The monoisotopic (exact) mass is 433 g/mol. The van der Waals surface area contributed by atoms with Gasteiger partial charge in [-0.05, 0) is 76.5 Å². The van der Waals surface area contributed by atoms with Gasteiger partial charge in [-0.2, -0.15) is 0 Å². The second kappa shape index (κ2) is 13.2. The first-order chi connectivity index (χ1) is 12.7. The molecule has 2 fully saturated rings. The summed E-state index contributed by atoms with van der Waals surface area (Å²) in [6.07, 6.45) is 5.83. The zero-order valence-electron chi connectivity index (χ0n) is 16.5. The third-order valence-corrected chi connectivity index (χ3v) is 5.17. The Morgan fingerprint density at radius 1 is 1.18 bits per heavy atom. The van der Waals surface area contributed by atoms with Crippen LogP contribution >= 0.6 is 24.8 Å². The summed E-state index contributed by atoms with van der Waals surface area (Å²) in [5.41, 5.74) is 0.801. The van der Waals surface area contributed by atoms with Crippen molar-refractivity contribution in [3.8, 4) is 5.75 Å². The van der Waals surface area contributed by atoms with Crippen LogP contribution in [0.3, 0.4) is 0 Å². The van der Waals surface area contributed by atoms with Crippen molar-refractivity contribution in [2.75, 3.05) is 45.2 Å². The van der Waals surface area contributed by atoms with Gasteiger partial charge in [-0.1, -0.05) is 0 Å². The minimum atomic E-state index is 0. The van der Waals surface area contributed by atoms with Crippen molar-refractivity contribution < 1.29 is 14.3 Å². The van der Waals surface area contributed by atoms with Crippen LogP contribution in [0.4, 0.5) is 5.69 Å². The lowest BCUT2D eigenvalue weighted by atomic mass is 10.1. The summed E-state index contributed by atoms with van der Waals surface area (Å²) in [5, 5.41) is 6.32. The summed E-state index contributed by atoms with van der Waals surface area (Å²) in [7, 11) is 2.03. The van der Waals surface area contributed by atoms with E-state index in [0.29, 0.717) is 19.2 Å². The van der Waals surface area contributed by atoms with Crippen LogP contribution in [-0.4, -0.2) is 62.8 Å². The van der Waals surface area contributed by atoms with Gasteiger partial charge in [0.25, 0.3) is 0 Å². The minimum absolute atomic E-state index is 0. The molecule has 160 valence electrons. The van der Waals surface area contributed by atoms with Crippen molar-refractivity contribution in [1.29, 1.82) is 0 Å². The predicted molar refractivity (Wildman–Crippen MR) is 117 cm³/mol. The molecule has 0 radical (unpaired) electrons. The summed E-state index contributed by atoms with van der Waals surface area (Å²) >= 11 is 0. The highest BCUT2D eigenvalue weighted by molar-refractivity contribution is 5.92. The molecular formula is C20H33Cl2N3O3. The van der Waals surface area contributed by atoms with Crippen LogP contribution in [0.5, 0.6) is 5.75 Å². The molecular weight excluding hydrogens is 401 g/mol. The van der Waals surface area contributed by atoms with Gasteiger partial charge in [-0.25, -0.2) is 0 Å². The number of carbonyl (C=O) groups excluding carboxylic acids is 1. The molecule has 2 aliphatic rings. The van der Waals surface area contributed by atoms with E-state index in [2.05, 4.69) is 15.5 Å². The quantitative estimate of drug-likeness (QED) is 0.691. The summed E-state index contributed by atoms with van der Waals surface area (Å²) in [6.45, 7) is 3.91. The van der Waals surface area contributed by atoms with Crippen LogP contribution in [0.1, 0.15) is 32.1 Å². The maximum absolute atomic E-state index is 12.3. The average Bonchev–Trinajstić information content (AvgIpc) is 2.69. The number of ether oxygens (including phenoxy) is 2. The molecule has 1 unspecified atom stereocenters. The highest BCUT2D eigenvalue weighted by Crippen LogP contribution is 2.18. The first-order valence-corrected chi connectivity index (χ1v) is 9.76. The van der Waals surface area contributed by atoms with Gasteiger partial charge in [0.1, 0.15) is 12.4 Å². The number of halogens is 2. The standard InChI is InChI=1S/C20H31N3O3.2ClH/c1-23(17-9-11-21-12-10-17)14-20(24)22-16-5-7-18(8-6-16)26-15-19-4-2-3-13-25-19;;/h5-8,17,19,21H,2-4,9-15H2,1H3,(H,22,24);2*1H. The Labute approximate surface area is 180 Å². The predicted octanol–water partition coefficient (Wildman–Crippen LogP) is 3.10. The van der Waals surface area contributed by atoms with E-state index < -0.39 is 0 Å². The molecule has 0 bridgehead atoms. The number of hydrogen-bond donors (Lipinski definition) is 2. The molecule has 1 aromatic rings. The van der Waals surface area contributed by atoms with E-state index in [1.165, 1.54) is 6.42 Å². The second-order valence-corrected chi connectivity index (χ2v) is 7.27. The van der Waals surface area contributed by atoms with Crippen molar-refractivity contribution in [1.82, 2.24) is 10.2 Å². The van der Waals surface area contributed by atoms with Crippen LogP contribution in [-0.2, 0) is 9.53 Å². The number of likely N-dealkylation sites (N-methyl/N-ethyl adjacent to an activating group) is 1. The molecule has 3 rings (SSSR count). The van der Waals surface area contributed by atoms with Gasteiger partial charge in [0.2, 0.25) is 5.91 Å². The molecule has 2 heterocycles. The Balaban J connectivity index is 0.00000196. The van der Waals surface area contributed by atoms with Crippen LogP contribution in [0.15, 0.2) is 24.3 Å². The van der Waals surface area contributed by atoms with E-state index in [1.807, 2.05) is 31.3 Å². The highest BCUT2D eigenvalue weighted by atomic mass is 35.5. The molecule has 2 N–H and O–H groups in total. The van der Waals surface area contributed by atoms with Crippen LogP contribution in [0.25, 0.3) is 0 Å². The fourth-order valence-electron chi connectivity index (χ4n) is 3.57. The number of benzene rings is 1.